The van der Waals surface area contributed by atoms with Crippen LogP contribution in [-0.4, -0.2) is 19.1 Å². The molecule has 2 rings (SSSR count). The van der Waals surface area contributed by atoms with Gasteiger partial charge in [-0.05, 0) is 56.0 Å². The lowest BCUT2D eigenvalue weighted by Gasteiger charge is -2.18. The smallest absolute Gasteiger partial charge is 0.126 e. The zero-order chi connectivity index (χ0) is 11.5. The van der Waals surface area contributed by atoms with E-state index in [1.54, 1.807) is 13.0 Å². The Labute approximate surface area is 96.0 Å². The fourth-order valence-electron chi connectivity index (χ4n) is 2.43. The number of hydrogen-bond acceptors (Lipinski definition) is 2. The van der Waals surface area contributed by atoms with E-state index in [0.717, 1.165) is 31.5 Å². The predicted molar refractivity (Wildman–Crippen MR) is 63.8 cm³/mol. The van der Waals surface area contributed by atoms with Gasteiger partial charge in [0.1, 0.15) is 5.82 Å². The second kappa shape index (κ2) is 4.93. The van der Waals surface area contributed by atoms with Crippen molar-refractivity contribution in [1.82, 2.24) is 5.32 Å². The lowest BCUT2D eigenvalue weighted by atomic mass is 9.94. The van der Waals surface area contributed by atoms with Crippen molar-refractivity contribution in [1.29, 1.82) is 0 Å². The average molecular weight is 222 g/mol. The van der Waals surface area contributed by atoms with Gasteiger partial charge in [0.05, 0.1) is 0 Å². The zero-order valence-corrected chi connectivity index (χ0v) is 9.67. The second-order valence-electron chi connectivity index (χ2n) is 4.63. The van der Waals surface area contributed by atoms with Gasteiger partial charge in [-0.2, -0.15) is 0 Å². The Balaban J connectivity index is 2.05. The first-order chi connectivity index (χ1) is 7.70. The minimum absolute atomic E-state index is 0.126. The third kappa shape index (κ3) is 2.42. The number of benzene rings is 1. The highest BCUT2D eigenvalue weighted by atomic mass is 19.1. The molecule has 3 N–H and O–H groups in total. The largest absolute Gasteiger partial charge is 0.330 e. The third-order valence-corrected chi connectivity index (χ3v) is 3.47. The second-order valence-corrected chi connectivity index (χ2v) is 4.63. The van der Waals surface area contributed by atoms with Gasteiger partial charge in [-0.3, -0.25) is 0 Å². The van der Waals surface area contributed by atoms with Gasteiger partial charge in [0, 0.05) is 6.04 Å². The molecule has 1 aromatic rings. The van der Waals surface area contributed by atoms with Crippen molar-refractivity contribution in [3.05, 3.63) is 35.1 Å². The molecule has 16 heavy (non-hydrogen) atoms. The number of rotatable bonds is 3. The van der Waals surface area contributed by atoms with Gasteiger partial charge in [0.2, 0.25) is 0 Å². The molecule has 0 radical (unpaired) electrons. The van der Waals surface area contributed by atoms with E-state index in [1.165, 1.54) is 5.56 Å². The molecular formula is C13H19FN2. The van der Waals surface area contributed by atoms with Crippen LogP contribution in [0.1, 0.15) is 17.5 Å². The molecular weight excluding hydrogens is 203 g/mol. The molecule has 0 aliphatic carbocycles. The first-order valence-electron chi connectivity index (χ1n) is 5.89. The molecule has 0 aromatic heterocycles. The summed E-state index contributed by atoms with van der Waals surface area (Å²) in [4.78, 5) is 0. The normalized spacial score (nSPS) is 24.9. The molecule has 0 spiro atoms. The molecule has 88 valence electrons. The summed E-state index contributed by atoms with van der Waals surface area (Å²) in [5, 5.41) is 3.47. The Hall–Kier alpha value is -0.930. The van der Waals surface area contributed by atoms with Crippen molar-refractivity contribution < 1.29 is 4.39 Å². The van der Waals surface area contributed by atoms with E-state index in [2.05, 4.69) is 5.32 Å². The summed E-state index contributed by atoms with van der Waals surface area (Å²) in [5.74, 6) is 0.434. The Morgan fingerprint density at radius 3 is 3.00 bits per heavy atom. The minimum Gasteiger partial charge on any atom is -0.330 e. The van der Waals surface area contributed by atoms with Gasteiger partial charge in [-0.15, -0.1) is 0 Å². The average Bonchev–Trinajstić information content (AvgIpc) is 2.71. The number of halogens is 1. The first kappa shape index (κ1) is 11.6. The van der Waals surface area contributed by atoms with E-state index in [0.29, 0.717) is 12.0 Å². The molecule has 1 fully saturated rings. The van der Waals surface area contributed by atoms with Crippen molar-refractivity contribution in [2.45, 2.75) is 25.8 Å². The summed E-state index contributed by atoms with van der Waals surface area (Å²) >= 11 is 0. The highest BCUT2D eigenvalue weighted by molar-refractivity contribution is 5.25. The monoisotopic (exact) mass is 222 g/mol. The number of aryl methyl sites for hydroxylation is 1. The van der Waals surface area contributed by atoms with Crippen LogP contribution in [0.2, 0.25) is 0 Å². The molecule has 2 unspecified atom stereocenters. The topological polar surface area (TPSA) is 38.0 Å². The summed E-state index contributed by atoms with van der Waals surface area (Å²) in [7, 11) is 0. The maximum atomic E-state index is 13.1. The van der Waals surface area contributed by atoms with Crippen molar-refractivity contribution in [2.24, 2.45) is 11.7 Å². The fraction of sp³-hybridized carbons (Fsp3) is 0.538. The lowest BCUT2D eigenvalue weighted by Crippen LogP contribution is -2.33. The number of hydrogen-bond donors (Lipinski definition) is 2. The van der Waals surface area contributed by atoms with E-state index in [1.807, 2.05) is 12.1 Å². The van der Waals surface area contributed by atoms with Gasteiger partial charge in [0.25, 0.3) is 0 Å². The van der Waals surface area contributed by atoms with Crippen molar-refractivity contribution in [3.63, 3.8) is 0 Å². The van der Waals surface area contributed by atoms with E-state index in [4.69, 9.17) is 5.73 Å². The summed E-state index contributed by atoms with van der Waals surface area (Å²) in [5.41, 5.74) is 7.65. The van der Waals surface area contributed by atoms with Crippen LogP contribution < -0.4 is 11.1 Å². The summed E-state index contributed by atoms with van der Waals surface area (Å²) < 4.78 is 13.1. The van der Waals surface area contributed by atoms with Crippen molar-refractivity contribution in [2.75, 3.05) is 13.1 Å². The third-order valence-electron chi connectivity index (χ3n) is 3.47. The zero-order valence-electron chi connectivity index (χ0n) is 9.67. The quantitative estimate of drug-likeness (QED) is 0.815. The lowest BCUT2D eigenvalue weighted by molar-refractivity contribution is 0.453. The van der Waals surface area contributed by atoms with Crippen LogP contribution >= 0.6 is 0 Å². The standard InChI is InChI=1S/C13H19FN2/c1-9-6-10(2-3-12(9)14)7-13-11(8-15)4-5-16-13/h2-3,6,11,13,16H,4-5,7-8,15H2,1H3. The molecule has 1 aliphatic rings. The van der Waals surface area contributed by atoms with E-state index in [9.17, 15) is 4.39 Å². The summed E-state index contributed by atoms with van der Waals surface area (Å²) in [6, 6.07) is 5.81. The number of nitrogens with two attached hydrogens (primary N) is 1. The van der Waals surface area contributed by atoms with Gasteiger partial charge >= 0.3 is 0 Å². The van der Waals surface area contributed by atoms with Gasteiger partial charge in [-0.1, -0.05) is 12.1 Å². The Morgan fingerprint density at radius 1 is 1.50 bits per heavy atom. The fourth-order valence-corrected chi connectivity index (χ4v) is 2.43. The van der Waals surface area contributed by atoms with Gasteiger partial charge < -0.3 is 11.1 Å². The Morgan fingerprint density at radius 2 is 2.31 bits per heavy atom. The molecule has 1 heterocycles. The molecule has 1 aliphatic heterocycles. The molecule has 1 saturated heterocycles. The molecule has 0 saturated carbocycles. The maximum absolute atomic E-state index is 13.1. The highest BCUT2D eigenvalue weighted by Gasteiger charge is 2.25. The van der Waals surface area contributed by atoms with Crippen molar-refractivity contribution in [3.8, 4) is 0 Å². The molecule has 1 aromatic carbocycles. The Bertz CT molecular complexity index is 365. The number of nitrogens with one attached hydrogen (secondary N) is 1. The van der Waals surface area contributed by atoms with Crippen LogP contribution in [0, 0.1) is 18.7 Å². The molecule has 2 atom stereocenters. The molecule has 2 nitrogen and oxygen atoms in total. The van der Waals surface area contributed by atoms with E-state index < -0.39 is 0 Å². The van der Waals surface area contributed by atoms with Crippen LogP contribution in [0.15, 0.2) is 18.2 Å². The summed E-state index contributed by atoms with van der Waals surface area (Å²) in [6.07, 6.45) is 2.10. The SMILES string of the molecule is Cc1cc(CC2NCCC2CN)ccc1F. The van der Waals surface area contributed by atoms with Gasteiger partial charge in [-0.25, -0.2) is 4.39 Å². The van der Waals surface area contributed by atoms with Crippen LogP contribution in [0.4, 0.5) is 4.39 Å². The van der Waals surface area contributed by atoms with Gasteiger partial charge in [0.15, 0.2) is 0 Å². The van der Waals surface area contributed by atoms with Crippen LogP contribution in [0.3, 0.4) is 0 Å². The van der Waals surface area contributed by atoms with E-state index in [-0.39, 0.29) is 5.82 Å². The minimum atomic E-state index is -0.126. The van der Waals surface area contributed by atoms with Crippen LogP contribution in [-0.2, 0) is 6.42 Å². The molecule has 0 amide bonds. The Kier molecular flexibility index (Phi) is 3.56. The first-order valence-corrected chi connectivity index (χ1v) is 5.89. The highest BCUT2D eigenvalue weighted by Crippen LogP contribution is 2.19. The predicted octanol–water partition coefficient (Wildman–Crippen LogP) is 1.61. The van der Waals surface area contributed by atoms with Crippen LogP contribution in [0.5, 0.6) is 0 Å². The molecule has 3 heteroatoms. The van der Waals surface area contributed by atoms with E-state index >= 15 is 0 Å². The summed E-state index contributed by atoms with van der Waals surface area (Å²) in [6.45, 7) is 3.59. The van der Waals surface area contributed by atoms with Crippen LogP contribution in [0.25, 0.3) is 0 Å². The maximum Gasteiger partial charge on any atom is 0.126 e. The molecule has 0 bridgehead atoms. The van der Waals surface area contributed by atoms with Crippen molar-refractivity contribution >= 4 is 0 Å².